The average Bonchev–Trinajstić information content (AvgIpc) is 2.98. The minimum absolute atomic E-state index is 0.794. The van der Waals surface area contributed by atoms with Crippen LogP contribution in [0.5, 0.6) is 0 Å². The Bertz CT molecular complexity index is 1090. The van der Waals surface area contributed by atoms with E-state index in [1.54, 1.807) is 43.2 Å². The molecule has 4 aromatic carbocycles. The summed E-state index contributed by atoms with van der Waals surface area (Å²) in [5.74, 6) is 0. The summed E-state index contributed by atoms with van der Waals surface area (Å²) in [6, 6.07) is 42.1. The molecule has 0 heterocycles. The highest BCUT2D eigenvalue weighted by Gasteiger charge is 2.15. The van der Waals surface area contributed by atoms with Gasteiger partial charge in [0.05, 0.1) is 5.08 Å². The lowest BCUT2D eigenvalue weighted by atomic mass is 10.2. The molecule has 0 aliphatic carbocycles. The predicted octanol–water partition coefficient (Wildman–Crippen LogP) is 9.68. The van der Waals surface area contributed by atoms with Crippen molar-refractivity contribution >= 4 is 76.3 Å². The summed E-state index contributed by atoms with van der Waals surface area (Å²) in [7, 11) is 6.88. The Balaban J connectivity index is 1.27. The van der Waals surface area contributed by atoms with Crippen LogP contribution in [0.15, 0.2) is 121 Å². The van der Waals surface area contributed by atoms with E-state index in [1.807, 2.05) is 24.3 Å². The SMILES string of the molecule is S=C(SSCSSC(=S)N(Cc1ccccc1)Cc1ccccc1)N(Cc1ccccc1)Cc1ccccc1. The second-order valence-electron chi connectivity index (χ2n) is 8.71. The number of benzene rings is 4. The first-order valence-corrected chi connectivity index (χ1v) is 18.0. The first kappa shape index (κ1) is 30.0. The van der Waals surface area contributed by atoms with Gasteiger partial charge in [-0.05, 0) is 43.8 Å². The van der Waals surface area contributed by atoms with Crippen LogP contribution >= 0.6 is 67.6 Å². The highest BCUT2D eigenvalue weighted by molar-refractivity contribution is 8.91. The molecule has 0 bridgehead atoms. The van der Waals surface area contributed by atoms with Crippen LogP contribution in [0.25, 0.3) is 0 Å². The van der Waals surface area contributed by atoms with Gasteiger partial charge in [-0.1, -0.05) is 167 Å². The molecule has 4 rings (SSSR count). The lowest BCUT2D eigenvalue weighted by Crippen LogP contribution is -2.26. The van der Waals surface area contributed by atoms with Crippen molar-refractivity contribution in [3.05, 3.63) is 144 Å². The van der Waals surface area contributed by atoms with Crippen molar-refractivity contribution in [1.82, 2.24) is 9.80 Å². The van der Waals surface area contributed by atoms with Gasteiger partial charge in [-0.2, -0.15) is 0 Å². The fourth-order valence-corrected chi connectivity index (χ4v) is 9.71. The molecule has 0 aliphatic heterocycles. The Morgan fingerprint density at radius 3 is 0.949 bits per heavy atom. The highest BCUT2D eigenvalue weighted by atomic mass is 33.1. The maximum absolute atomic E-state index is 5.88. The van der Waals surface area contributed by atoms with Gasteiger partial charge in [0.2, 0.25) is 0 Å². The largest absolute Gasteiger partial charge is 0.348 e. The van der Waals surface area contributed by atoms with Crippen molar-refractivity contribution < 1.29 is 0 Å². The van der Waals surface area contributed by atoms with E-state index >= 15 is 0 Å². The van der Waals surface area contributed by atoms with Crippen LogP contribution in [0.1, 0.15) is 22.3 Å². The molecule has 0 saturated heterocycles. The fraction of sp³-hybridized carbons (Fsp3) is 0.161. The van der Waals surface area contributed by atoms with Crippen LogP contribution in [0, 0.1) is 0 Å². The third kappa shape index (κ3) is 10.9. The van der Waals surface area contributed by atoms with Gasteiger partial charge in [-0.25, -0.2) is 0 Å². The maximum atomic E-state index is 5.88. The Morgan fingerprint density at radius 2 is 0.692 bits per heavy atom. The highest BCUT2D eigenvalue weighted by Crippen LogP contribution is 2.36. The Hall–Kier alpha value is -1.94. The molecule has 0 N–H and O–H groups in total. The molecule has 0 atom stereocenters. The molecule has 0 saturated carbocycles. The van der Waals surface area contributed by atoms with Gasteiger partial charge in [0.15, 0.2) is 0 Å². The van der Waals surface area contributed by atoms with E-state index in [2.05, 4.69) is 107 Å². The van der Waals surface area contributed by atoms with E-state index in [4.69, 9.17) is 24.4 Å². The van der Waals surface area contributed by atoms with E-state index in [0.29, 0.717) is 0 Å². The van der Waals surface area contributed by atoms with E-state index < -0.39 is 0 Å². The van der Waals surface area contributed by atoms with Crippen LogP contribution in [-0.4, -0.2) is 23.5 Å². The van der Waals surface area contributed by atoms with Gasteiger partial charge in [0.25, 0.3) is 0 Å². The molecule has 0 radical (unpaired) electrons. The van der Waals surface area contributed by atoms with Gasteiger partial charge >= 0.3 is 0 Å². The molecule has 39 heavy (non-hydrogen) atoms. The molecule has 0 fully saturated rings. The molecule has 0 amide bonds. The average molecular weight is 623 g/mol. The minimum Gasteiger partial charge on any atom is -0.348 e. The zero-order chi connectivity index (χ0) is 27.1. The van der Waals surface area contributed by atoms with E-state index in [0.717, 1.165) is 39.9 Å². The molecule has 4 aromatic rings. The zero-order valence-electron chi connectivity index (χ0n) is 21.4. The van der Waals surface area contributed by atoms with E-state index in [9.17, 15) is 0 Å². The molecule has 8 heteroatoms. The minimum atomic E-state index is 0.794. The standard InChI is InChI=1S/C31H30N2S6/c34-30(32(21-26-13-5-1-6-14-26)22-27-15-7-2-8-16-27)38-36-25-37-39-31(35)33(23-28-17-9-3-10-18-28)24-29-19-11-4-12-20-29/h1-20H,21-25H2. The Labute approximate surface area is 259 Å². The van der Waals surface area contributed by atoms with E-state index in [-0.39, 0.29) is 0 Å². The van der Waals surface area contributed by atoms with Crippen molar-refractivity contribution in [1.29, 1.82) is 0 Å². The normalized spacial score (nSPS) is 10.7. The number of nitrogens with zero attached hydrogens (tertiary/aromatic N) is 2. The Morgan fingerprint density at radius 1 is 0.436 bits per heavy atom. The molecule has 0 spiro atoms. The lowest BCUT2D eigenvalue weighted by molar-refractivity contribution is 0.421. The topological polar surface area (TPSA) is 6.48 Å². The second-order valence-corrected chi connectivity index (χ2v) is 14.9. The summed E-state index contributed by atoms with van der Waals surface area (Å²) in [6.45, 7) is 3.17. The van der Waals surface area contributed by atoms with Crippen molar-refractivity contribution in [3.63, 3.8) is 0 Å². The predicted molar refractivity (Wildman–Crippen MR) is 185 cm³/mol. The maximum Gasteiger partial charge on any atom is 0.147 e. The third-order valence-corrected chi connectivity index (χ3v) is 12.6. The quantitative estimate of drug-likeness (QED) is 0.0658. The Kier molecular flexibility index (Phi) is 13.1. The summed E-state index contributed by atoms with van der Waals surface area (Å²) in [6.07, 6.45) is 0. The first-order valence-electron chi connectivity index (χ1n) is 12.5. The summed E-state index contributed by atoms with van der Waals surface area (Å²) in [4.78, 5) is 4.56. The second kappa shape index (κ2) is 17.0. The number of thiocarbonyl (C=S) groups is 2. The summed E-state index contributed by atoms with van der Waals surface area (Å²) in [5.41, 5.74) is 5.03. The zero-order valence-corrected chi connectivity index (χ0v) is 26.3. The number of hydrogen-bond donors (Lipinski definition) is 0. The van der Waals surface area contributed by atoms with Crippen molar-refractivity contribution in [2.75, 3.05) is 5.08 Å². The first-order chi connectivity index (χ1) is 19.2. The van der Waals surface area contributed by atoms with Crippen molar-refractivity contribution in [3.8, 4) is 0 Å². The van der Waals surface area contributed by atoms with Crippen LogP contribution in [-0.2, 0) is 26.2 Å². The fourth-order valence-electron chi connectivity index (χ4n) is 3.86. The summed E-state index contributed by atoms with van der Waals surface area (Å²) < 4.78 is 1.80. The lowest BCUT2D eigenvalue weighted by Gasteiger charge is -2.25. The molecular weight excluding hydrogens is 593 g/mol. The van der Waals surface area contributed by atoms with Gasteiger partial charge in [-0.15, -0.1) is 0 Å². The molecule has 0 aromatic heterocycles. The van der Waals surface area contributed by atoms with Crippen LogP contribution < -0.4 is 0 Å². The van der Waals surface area contributed by atoms with Crippen LogP contribution in [0.4, 0.5) is 0 Å². The van der Waals surface area contributed by atoms with Gasteiger partial charge in [-0.3, -0.25) is 0 Å². The van der Waals surface area contributed by atoms with Gasteiger partial charge in [0, 0.05) is 26.2 Å². The van der Waals surface area contributed by atoms with Crippen molar-refractivity contribution in [2.45, 2.75) is 26.2 Å². The smallest absolute Gasteiger partial charge is 0.147 e. The molecule has 0 unspecified atom stereocenters. The van der Waals surface area contributed by atoms with Crippen LogP contribution in [0.2, 0.25) is 0 Å². The van der Waals surface area contributed by atoms with Crippen molar-refractivity contribution in [2.24, 2.45) is 0 Å². The third-order valence-electron chi connectivity index (χ3n) is 5.74. The van der Waals surface area contributed by atoms with Gasteiger partial charge in [0.1, 0.15) is 8.64 Å². The van der Waals surface area contributed by atoms with E-state index in [1.165, 1.54) is 22.3 Å². The molecule has 0 aliphatic rings. The number of rotatable bonds is 12. The molecular formula is C31H30N2S6. The monoisotopic (exact) mass is 622 g/mol. The molecule has 200 valence electrons. The van der Waals surface area contributed by atoms with Crippen LogP contribution in [0.3, 0.4) is 0 Å². The van der Waals surface area contributed by atoms with Gasteiger partial charge < -0.3 is 9.80 Å². The summed E-state index contributed by atoms with van der Waals surface area (Å²) >= 11 is 11.8. The summed E-state index contributed by atoms with van der Waals surface area (Å²) in [5, 5.41) is 0.880. The molecule has 2 nitrogen and oxygen atoms in total. The number of hydrogen-bond acceptors (Lipinski definition) is 6.